The standard InChI is InChI=1S/C20H19N3OS3/c1-2-15(26-20-22-14-8-4-6-10-17(14)27-20)18(24)23-19-13(11-21)12-7-3-5-9-16(12)25-19/h4,6,8,10,15H,2-3,5,7,9H2,1H3,(H,23,24)/t15-/m1/s1. The minimum absolute atomic E-state index is 0.0446. The van der Waals surface area contributed by atoms with Crippen LogP contribution in [0.1, 0.15) is 42.2 Å². The Labute approximate surface area is 170 Å². The molecule has 0 saturated heterocycles. The summed E-state index contributed by atoms with van der Waals surface area (Å²) in [5.74, 6) is -0.0446. The predicted molar refractivity (Wildman–Crippen MR) is 114 cm³/mol. The Morgan fingerprint density at radius 1 is 1.33 bits per heavy atom. The number of amides is 1. The van der Waals surface area contributed by atoms with Gasteiger partial charge in [-0.15, -0.1) is 22.7 Å². The highest BCUT2D eigenvalue weighted by molar-refractivity contribution is 8.02. The summed E-state index contributed by atoms with van der Waals surface area (Å²) in [6, 6.07) is 10.3. The Kier molecular flexibility index (Phi) is 5.48. The van der Waals surface area contributed by atoms with E-state index in [1.807, 2.05) is 31.2 Å². The van der Waals surface area contributed by atoms with Crippen molar-refractivity contribution in [1.29, 1.82) is 5.26 Å². The van der Waals surface area contributed by atoms with Crippen LogP contribution < -0.4 is 5.32 Å². The second kappa shape index (κ2) is 8.01. The second-order valence-electron chi connectivity index (χ2n) is 6.48. The number of nitriles is 1. The molecule has 0 spiro atoms. The fourth-order valence-electron chi connectivity index (χ4n) is 3.31. The maximum absolute atomic E-state index is 12.9. The number of hydrogen-bond donors (Lipinski definition) is 1. The van der Waals surface area contributed by atoms with E-state index in [2.05, 4.69) is 16.4 Å². The molecule has 27 heavy (non-hydrogen) atoms. The van der Waals surface area contributed by atoms with Gasteiger partial charge in [0.25, 0.3) is 0 Å². The van der Waals surface area contributed by atoms with E-state index in [-0.39, 0.29) is 11.2 Å². The molecule has 138 valence electrons. The minimum Gasteiger partial charge on any atom is -0.316 e. The van der Waals surface area contributed by atoms with Crippen molar-refractivity contribution in [1.82, 2.24) is 4.98 Å². The van der Waals surface area contributed by atoms with Crippen LogP contribution in [0.2, 0.25) is 0 Å². The van der Waals surface area contributed by atoms with Crippen molar-refractivity contribution < 1.29 is 4.79 Å². The topological polar surface area (TPSA) is 65.8 Å². The van der Waals surface area contributed by atoms with Crippen molar-refractivity contribution in [2.45, 2.75) is 48.6 Å². The number of thiophene rings is 1. The molecule has 1 N–H and O–H groups in total. The summed E-state index contributed by atoms with van der Waals surface area (Å²) in [6.07, 6.45) is 4.96. The smallest absolute Gasteiger partial charge is 0.238 e. The molecule has 0 saturated carbocycles. The average Bonchev–Trinajstić information content (AvgIpc) is 3.25. The summed E-state index contributed by atoms with van der Waals surface area (Å²) < 4.78 is 2.04. The quantitative estimate of drug-likeness (QED) is 0.552. The Bertz CT molecular complexity index is 998. The van der Waals surface area contributed by atoms with E-state index in [0.717, 1.165) is 50.8 Å². The molecule has 7 heteroatoms. The molecule has 3 aromatic rings. The Morgan fingerprint density at radius 2 is 2.15 bits per heavy atom. The minimum atomic E-state index is -0.226. The molecule has 2 aromatic heterocycles. The lowest BCUT2D eigenvalue weighted by atomic mass is 9.96. The highest BCUT2D eigenvalue weighted by Gasteiger charge is 2.25. The normalized spacial score (nSPS) is 14.5. The molecule has 1 aliphatic carbocycles. The zero-order valence-corrected chi connectivity index (χ0v) is 17.4. The first-order valence-corrected chi connectivity index (χ1v) is 11.6. The van der Waals surface area contributed by atoms with E-state index in [9.17, 15) is 10.1 Å². The van der Waals surface area contributed by atoms with Crippen molar-refractivity contribution in [3.05, 3.63) is 40.3 Å². The van der Waals surface area contributed by atoms with Crippen molar-refractivity contribution in [3.63, 3.8) is 0 Å². The zero-order chi connectivity index (χ0) is 18.8. The van der Waals surface area contributed by atoms with Gasteiger partial charge >= 0.3 is 0 Å². The van der Waals surface area contributed by atoms with Crippen LogP contribution >= 0.6 is 34.4 Å². The molecule has 0 unspecified atom stereocenters. The molecule has 1 aromatic carbocycles. The molecule has 0 radical (unpaired) electrons. The van der Waals surface area contributed by atoms with Crippen LogP contribution in [-0.4, -0.2) is 16.1 Å². The number of rotatable bonds is 5. The van der Waals surface area contributed by atoms with Gasteiger partial charge in [-0.3, -0.25) is 4.79 Å². The number of para-hydroxylation sites is 1. The number of nitrogens with one attached hydrogen (secondary N) is 1. The molecule has 4 nitrogen and oxygen atoms in total. The van der Waals surface area contributed by atoms with Gasteiger partial charge in [-0.1, -0.05) is 30.8 Å². The number of carbonyl (C=O) groups is 1. The number of carbonyl (C=O) groups excluding carboxylic acids is 1. The van der Waals surface area contributed by atoms with Gasteiger partial charge in [-0.05, 0) is 49.8 Å². The Balaban J connectivity index is 1.52. The van der Waals surface area contributed by atoms with Gasteiger partial charge in [0.2, 0.25) is 5.91 Å². The second-order valence-corrected chi connectivity index (χ2v) is 10.1. The molecular weight excluding hydrogens is 394 g/mol. The number of thiazole rings is 1. The van der Waals surface area contributed by atoms with Gasteiger partial charge < -0.3 is 5.32 Å². The van der Waals surface area contributed by atoms with Crippen molar-refractivity contribution in [3.8, 4) is 6.07 Å². The highest BCUT2D eigenvalue weighted by atomic mass is 32.2. The monoisotopic (exact) mass is 413 g/mol. The number of nitrogens with zero attached hydrogens (tertiary/aromatic N) is 2. The summed E-state index contributed by atoms with van der Waals surface area (Å²) in [7, 11) is 0. The number of aryl methyl sites for hydroxylation is 1. The number of fused-ring (bicyclic) bond motifs is 2. The van der Waals surface area contributed by atoms with Gasteiger partial charge in [-0.25, -0.2) is 4.98 Å². The summed E-state index contributed by atoms with van der Waals surface area (Å²) >= 11 is 4.70. The molecule has 0 aliphatic heterocycles. The van der Waals surface area contributed by atoms with Crippen molar-refractivity contribution in [2.75, 3.05) is 5.32 Å². The zero-order valence-electron chi connectivity index (χ0n) is 14.9. The van der Waals surface area contributed by atoms with Gasteiger partial charge in [0, 0.05) is 4.88 Å². The maximum Gasteiger partial charge on any atom is 0.238 e. The molecule has 2 heterocycles. The molecule has 1 amide bonds. The first-order chi connectivity index (χ1) is 13.2. The van der Waals surface area contributed by atoms with E-state index >= 15 is 0 Å². The summed E-state index contributed by atoms with van der Waals surface area (Å²) in [5.41, 5.74) is 2.79. The molecule has 1 atom stereocenters. The fraction of sp³-hybridized carbons (Fsp3) is 0.350. The van der Waals surface area contributed by atoms with Gasteiger partial charge in [0.1, 0.15) is 11.1 Å². The van der Waals surface area contributed by atoms with E-state index in [1.165, 1.54) is 16.6 Å². The molecular formula is C20H19N3OS3. The van der Waals surface area contributed by atoms with E-state index in [0.29, 0.717) is 12.0 Å². The summed E-state index contributed by atoms with van der Waals surface area (Å²) in [5, 5.41) is 13.1. The average molecular weight is 414 g/mol. The number of anilines is 1. The lowest BCUT2D eigenvalue weighted by molar-refractivity contribution is -0.115. The third kappa shape index (κ3) is 3.75. The van der Waals surface area contributed by atoms with E-state index in [4.69, 9.17) is 0 Å². The predicted octanol–water partition coefficient (Wildman–Crippen LogP) is 5.62. The van der Waals surface area contributed by atoms with Gasteiger partial charge in [0.15, 0.2) is 4.34 Å². The first-order valence-electron chi connectivity index (χ1n) is 9.07. The van der Waals surface area contributed by atoms with Crippen molar-refractivity contribution >= 4 is 55.6 Å². The fourth-order valence-corrected chi connectivity index (χ4v) is 6.79. The Morgan fingerprint density at radius 3 is 2.93 bits per heavy atom. The largest absolute Gasteiger partial charge is 0.316 e. The van der Waals surface area contributed by atoms with Crippen molar-refractivity contribution in [2.24, 2.45) is 0 Å². The third-order valence-corrected chi connectivity index (χ3v) is 8.40. The number of benzene rings is 1. The lowest BCUT2D eigenvalue weighted by Gasteiger charge is -2.12. The summed E-state index contributed by atoms with van der Waals surface area (Å²) in [4.78, 5) is 18.8. The SMILES string of the molecule is CC[C@@H](Sc1nc2ccccc2s1)C(=O)Nc1sc2c(c1C#N)CCCC2. The maximum atomic E-state index is 12.9. The van der Waals surface area contributed by atoms with E-state index in [1.54, 1.807) is 22.7 Å². The van der Waals surface area contributed by atoms with Crippen LogP contribution in [0.3, 0.4) is 0 Å². The van der Waals surface area contributed by atoms with Crippen LogP contribution in [0.4, 0.5) is 5.00 Å². The van der Waals surface area contributed by atoms with Crippen LogP contribution in [0, 0.1) is 11.3 Å². The Hall–Kier alpha value is -1.88. The molecule has 0 bridgehead atoms. The number of thioether (sulfide) groups is 1. The third-order valence-electron chi connectivity index (χ3n) is 4.70. The first kappa shape index (κ1) is 18.5. The number of hydrogen-bond acceptors (Lipinski definition) is 6. The molecule has 1 aliphatic rings. The van der Waals surface area contributed by atoms with Crippen LogP contribution in [-0.2, 0) is 17.6 Å². The van der Waals surface area contributed by atoms with Gasteiger partial charge in [0.05, 0.1) is 21.0 Å². The molecule has 0 fully saturated rings. The van der Waals surface area contributed by atoms with Crippen LogP contribution in [0.5, 0.6) is 0 Å². The van der Waals surface area contributed by atoms with Crippen LogP contribution in [0.15, 0.2) is 28.6 Å². The molecule has 4 rings (SSSR count). The van der Waals surface area contributed by atoms with E-state index < -0.39 is 0 Å². The highest BCUT2D eigenvalue weighted by Crippen LogP contribution is 2.39. The van der Waals surface area contributed by atoms with Gasteiger partial charge in [-0.2, -0.15) is 5.26 Å². The number of aromatic nitrogens is 1. The van der Waals surface area contributed by atoms with Crippen LogP contribution in [0.25, 0.3) is 10.2 Å². The summed E-state index contributed by atoms with van der Waals surface area (Å²) in [6.45, 7) is 2.01. The lowest BCUT2D eigenvalue weighted by Crippen LogP contribution is -2.24.